The molecular weight excluding hydrogens is 512 g/mol. The molecule has 0 aliphatic heterocycles. The molecule has 196 valence electrons. The zero-order chi connectivity index (χ0) is 27.6. The average Bonchev–Trinajstić information content (AvgIpc) is 3.57. The summed E-state index contributed by atoms with van der Waals surface area (Å²) in [5, 5.41) is 7.38. The number of fused-ring (bicyclic) bond motifs is 8. The van der Waals surface area contributed by atoms with Crippen molar-refractivity contribution in [3.8, 4) is 22.8 Å². The number of pyridine rings is 2. The van der Waals surface area contributed by atoms with Crippen LogP contribution in [0.2, 0.25) is 0 Å². The van der Waals surface area contributed by atoms with Gasteiger partial charge in [0.2, 0.25) is 0 Å². The lowest BCUT2D eigenvalue weighted by molar-refractivity contribution is 1.08. The summed E-state index contributed by atoms with van der Waals surface area (Å²) >= 11 is 0. The normalized spacial score (nSPS) is 11.8. The van der Waals surface area contributed by atoms with Crippen LogP contribution in [0.25, 0.3) is 77.1 Å². The molecule has 0 fully saturated rings. The van der Waals surface area contributed by atoms with E-state index in [0.717, 1.165) is 33.8 Å². The van der Waals surface area contributed by atoms with E-state index in [9.17, 15) is 0 Å². The van der Waals surface area contributed by atoms with Gasteiger partial charge in [0.1, 0.15) is 5.82 Å². The summed E-state index contributed by atoms with van der Waals surface area (Å²) in [5.41, 5.74) is 7.84. The Morgan fingerprint density at radius 3 is 1.98 bits per heavy atom. The predicted molar refractivity (Wildman–Crippen MR) is 174 cm³/mol. The van der Waals surface area contributed by atoms with E-state index in [1.54, 1.807) is 0 Å². The molecule has 42 heavy (non-hydrogen) atoms. The first-order valence-electron chi connectivity index (χ1n) is 14.2. The number of aromatic nitrogens is 4. The molecule has 0 bridgehead atoms. The highest BCUT2D eigenvalue weighted by molar-refractivity contribution is 6.22. The van der Waals surface area contributed by atoms with Crippen molar-refractivity contribution in [1.29, 1.82) is 0 Å². The molecule has 0 unspecified atom stereocenters. The van der Waals surface area contributed by atoms with E-state index in [2.05, 4.69) is 135 Å². The standard InChI is InChI=1S/C38H24N4/c1-2-9-27(10-3-1)41-34-14-6-4-11-28(34)30-18-17-26-23-32-29-12-5-7-15-35(29)42(36(32)24-31(26)38(30)41)37-16-8-13-33(40-37)25-19-21-39-22-20-25/h1-24H. The van der Waals surface area contributed by atoms with E-state index in [1.807, 2.05) is 24.5 Å². The Balaban J connectivity index is 1.42. The maximum absolute atomic E-state index is 5.16. The molecule has 0 saturated heterocycles. The highest BCUT2D eigenvalue weighted by atomic mass is 15.1. The van der Waals surface area contributed by atoms with Crippen molar-refractivity contribution in [1.82, 2.24) is 19.1 Å². The number of para-hydroxylation sites is 3. The molecule has 0 aliphatic carbocycles. The first kappa shape index (κ1) is 23.0. The largest absolute Gasteiger partial charge is 0.309 e. The summed E-state index contributed by atoms with van der Waals surface area (Å²) in [6, 6.07) is 47.5. The maximum Gasteiger partial charge on any atom is 0.138 e. The van der Waals surface area contributed by atoms with Crippen LogP contribution >= 0.6 is 0 Å². The van der Waals surface area contributed by atoms with Crippen molar-refractivity contribution in [3.63, 3.8) is 0 Å². The van der Waals surface area contributed by atoms with Gasteiger partial charge in [-0.1, -0.05) is 72.8 Å². The third kappa shape index (κ3) is 3.29. The van der Waals surface area contributed by atoms with Crippen LogP contribution in [0, 0.1) is 0 Å². The summed E-state index contributed by atoms with van der Waals surface area (Å²) in [4.78, 5) is 9.35. The number of nitrogens with zero attached hydrogens (tertiary/aromatic N) is 4. The first-order valence-corrected chi connectivity index (χ1v) is 14.2. The van der Waals surface area contributed by atoms with Crippen molar-refractivity contribution < 1.29 is 0 Å². The number of benzene rings is 5. The number of hydrogen-bond donors (Lipinski definition) is 0. The van der Waals surface area contributed by atoms with E-state index in [4.69, 9.17) is 4.98 Å². The number of hydrogen-bond acceptors (Lipinski definition) is 2. The Kier molecular flexibility index (Phi) is 4.87. The minimum atomic E-state index is 0.894. The molecule has 0 radical (unpaired) electrons. The van der Waals surface area contributed by atoms with Gasteiger partial charge in [0.05, 0.1) is 27.8 Å². The fourth-order valence-corrected chi connectivity index (χ4v) is 6.57. The SMILES string of the molecule is c1ccc(-n2c3ccccc3c3ccc4cc5c6ccccc6n(-c6cccc(-c7ccncc7)n6)c5cc4c32)cc1. The molecule has 0 amide bonds. The summed E-state index contributed by atoms with van der Waals surface area (Å²) < 4.78 is 4.72. The lowest BCUT2D eigenvalue weighted by Gasteiger charge is -2.12. The molecule has 0 aliphatic rings. The van der Waals surface area contributed by atoms with Gasteiger partial charge in [-0.05, 0) is 66.0 Å². The smallest absolute Gasteiger partial charge is 0.138 e. The molecule has 0 saturated carbocycles. The summed E-state index contributed by atoms with van der Waals surface area (Å²) in [6.07, 6.45) is 3.63. The fourth-order valence-electron chi connectivity index (χ4n) is 6.57. The van der Waals surface area contributed by atoms with E-state index in [1.165, 1.54) is 43.4 Å². The second-order valence-corrected chi connectivity index (χ2v) is 10.7. The molecule has 4 heteroatoms. The fraction of sp³-hybridized carbons (Fsp3) is 0. The Morgan fingerprint density at radius 2 is 1.17 bits per heavy atom. The van der Waals surface area contributed by atoms with Crippen molar-refractivity contribution in [2.24, 2.45) is 0 Å². The van der Waals surface area contributed by atoms with Crippen LogP contribution in [0.5, 0.6) is 0 Å². The van der Waals surface area contributed by atoms with Gasteiger partial charge in [-0.25, -0.2) is 4.98 Å². The van der Waals surface area contributed by atoms with Gasteiger partial charge >= 0.3 is 0 Å². The highest BCUT2D eigenvalue weighted by Crippen LogP contribution is 2.40. The van der Waals surface area contributed by atoms with Crippen LogP contribution in [0.4, 0.5) is 0 Å². The molecule has 0 N–H and O–H groups in total. The lowest BCUT2D eigenvalue weighted by atomic mass is 10.0. The second kappa shape index (κ2) is 8.88. The van der Waals surface area contributed by atoms with Crippen molar-refractivity contribution in [2.75, 3.05) is 0 Å². The monoisotopic (exact) mass is 536 g/mol. The maximum atomic E-state index is 5.16. The van der Waals surface area contributed by atoms with Gasteiger partial charge in [0.25, 0.3) is 0 Å². The lowest BCUT2D eigenvalue weighted by Crippen LogP contribution is -1.99. The third-order valence-electron chi connectivity index (χ3n) is 8.40. The average molecular weight is 537 g/mol. The second-order valence-electron chi connectivity index (χ2n) is 10.7. The highest BCUT2D eigenvalue weighted by Gasteiger charge is 2.19. The van der Waals surface area contributed by atoms with Gasteiger partial charge in [-0.2, -0.15) is 0 Å². The van der Waals surface area contributed by atoms with E-state index >= 15 is 0 Å². The van der Waals surface area contributed by atoms with Crippen molar-refractivity contribution >= 4 is 54.4 Å². The van der Waals surface area contributed by atoms with Crippen LogP contribution in [0.15, 0.2) is 146 Å². The van der Waals surface area contributed by atoms with Gasteiger partial charge in [0.15, 0.2) is 0 Å². The van der Waals surface area contributed by atoms with Gasteiger partial charge in [-0.3, -0.25) is 9.55 Å². The topological polar surface area (TPSA) is 35.6 Å². The third-order valence-corrected chi connectivity index (χ3v) is 8.40. The van der Waals surface area contributed by atoms with E-state index < -0.39 is 0 Å². The predicted octanol–water partition coefficient (Wildman–Crippen LogP) is 9.49. The quantitative estimate of drug-likeness (QED) is 0.225. The van der Waals surface area contributed by atoms with Crippen LogP contribution in [-0.4, -0.2) is 19.1 Å². The molecule has 9 rings (SSSR count). The minimum absolute atomic E-state index is 0.894. The van der Waals surface area contributed by atoms with Crippen LogP contribution in [0.1, 0.15) is 0 Å². The van der Waals surface area contributed by atoms with E-state index in [-0.39, 0.29) is 0 Å². The minimum Gasteiger partial charge on any atom is -0.309 e. The Labute approximate surface area is 241 Å². The Morgan fingerprint density at radius 1 is 0.452 bits per heavy atom. The summed E-state index contributed by atoms with van der Waals surface area (Å²) in [5.74, 6) is 0.894. The number of rotatable bonds is 3. The summed E-state index contributed by atoms with van der Waals surface area (Å²) in [7, 11) is 0. The molecule has 4 nitrogen and oxygen atoms in total. The van der Waals surface area contributed by atoms with E-state index in [0.29, 0.717) is 0 Å². The van der Waals surface area contributed by atoms with Crippen LogP contribution in [-0.2, 0) is 0 Å². The van der Waals surface area contributed by atoms with Crippen LogP contribution in [0.3, 0.4) is 0 Å². The molecular formula is C38H24N4. The molecule has 4 aromatic heterocycles. The molecule has 0 spiro atoms. The van der Waals surface area contributed by atoms with Gasteiger partial charge in [0, 0.05) is 50.6 Å². The zero-order valence-electron chi connectivity index (χ0n) is 22.6. The Hall–Kier alpha value is -5.74. The van der Waals surface area contributed by atoms with Gasteiger partial charge in [-0.15, -0.1) is 0 Å². The van der Waals surface area contributed by atoms with Crippen molar-refractivity contribution in [3.05, 3.63) is 146 Å². The molecule has 5 aromatic carbocycles. The van der Waals surface area contributed by atoms with Crippen LogP contribution < -0.4 is 0 Å². The molecule has 4 heterocycles. The Bertz CT molecular complexity index is 2450. The van der Waals surface area contributed by atoms with Gasteiger partial charge < -0.3 is 4.57 Å². The molecule has 9 aromatic rings. The van der Waals surface area contributed by atoms with Crippen molar-refractivity contribution in [2.45, 2.75) is 0 Å². The first-order chi connectivity index (χ1) is 20.8. The zero-order valence-corrected chi connectivity index (χ0v) is 22.6. The molecule has 0 atom stereocenters. The summed E-state index contributed by atoms with van der Waals surface area (Å²) in [6.45, 7) is 0.